The lowest BCUT2D eigenvalue weighted by Crippen LogP contribution is -2.32. The van der Waals surface area contributed by atoms with Gasteiger partial charge >= 0.3 is 0 Å². The summed E-state index contributed by atoms with van der Waals surface area (Å²) in [5.41, 5.74) is 1.02. The van der Waals surface area contributed by atoms with Gasteiger partial charge in [-0.05, 0) is 25.8 Å². The summed E-state index contributed by atoms with van der Waals surface area (Å²) in [7, 11) is 0. The van der Waals surface area contributed by atoms with Crippen LogP contribution >= 0.6 is 11.3 Å². The van der Waals surface area contributed by atoms with Crippen molar-refractivity contribution in [2.75, 3.05) is 25.0 Å². The summed E-state index contributed by atoms with van der Waals surface area (Å²) < 4.78 is 5.76. The molecule has 1 fully saturated rings. The van der Waals surface area contributed by atoms with Crippen molar-refractivity contribution in [3.8, 4) is 5.75 Å². The maximum Gasteiger partial charge on any atom is 0.260 e. The highest BCUT2D eigenvalue weighted by Crippen LogP contribution is 2.22. The lowest BCUT2D eigenvalue weighted by Gasteiger charge is -2.17. The van der Waals surface area contributed by atoms with Gasteiger partial charge in [-0.15, -0.1) is 11.3 Å². The lowest BCUT2D eigenvalue weighted by molar-refractivity contribution is -0.132. The van der Waals surface area contributed by atoms with Crippen LogP contribution in [0.25, 0.3) is 0 Å². The first-order chi connectivity index (χ1) is 11.2. The van der Waals surface area contributed by atoms with Crippen molar-refractivity contribution in [2.24, 2.45) is 0 Å². The molecule has 1 N–H and O–H groups in total. The molecule has 1 saturated heterocycles. The van der Waals surface area contributed by atoms with Crippen molar-refractivity contribution in [3.63, 3.8) is 0 Å². The molecule has 0 atom stereocenters. The van der Waals surface area contributed by atoms with Gasteiger partial charge in [0.2, 0.25) is 0 Å². The Morgan fingerprint density at radius 2 is 2.13 bits per heavy atom. The second kappa shape index (κ2) is 7.46. The Hall–Kier alpha value is -2.08. The van der Waals surface area contributed by atoms with Crippen LogP contribution in [-0.4, -0.2) is 35.5 Å². The molecule has 0 radical (unpaired) electrons. The quantitative estimate of drug-likeness (QED) is 0.884. The number of carbonyl (C=O) groups is 1. The molecule has 0 bridgehead atoms. The predicted molar refractivity (Wildman–Crippen MR) is 91.9 cm³/mol. The molecular weight excluding hydrogens is 310 g/mol. The normalized spacial score (nSPS) is 14.0. The maximum absolute atomic E-state index is 12.1. The third-order valence-electron chi connectivity index (χ3n) is 3.83. The van der Waals surface area contributed by atoms with E-state index in [4.69, 9.17) is 4.74 Å². The summed E-state index contributed by atoms with van der Waals surface area (Å²) in [5, 5.41) is 4.19. The van der Waals surface area contributed by atoms with Crippen LogP contribution in [0.4, 0.5) is 5.13 Å². The summed E-state index contributed by atoms with van der Waals surface area (Å²) in [4.78, 5) is 19.4. The molecule has 1 aromatic heterocycles. The molecule has 1 aromatic carbocycles. The Kier molecular flexibility index (Phi) is 5.12. The Morgan fingerprint density at radius 1 is 1.35 bits per heavy atom. The van der Waals surface area contributed by atoms with Gasteiger partial charge in [-0.25, -0.2) is 4.98 Å². The van der Waals surface area contributed by atoms with Crippen molar-refractivity contribution >= 4 is 22.4 Å². The average molecular weight is 331 g/mol. The molecule has 6 heteroatoms. The fourth-order valence-electron chi connectivity index (χ4n) is 2.60. The second-order valence-corrected chi connectivity index (χ2v) is 6.85. The van der Waals surface area contributed by atoms with Crippen LogP contribution in [-0.2, 0) is 11.3 Å². The van der Waals surface area contributed by atoms with Crippen LogP contribution in [0.1, 0.15) is 23.3 Å². The van der Waals surface area contributed by atoms with Gasteiger partial charge in [-0.2, -0.15) is 0 Å². The molecule has 0 unspecified atom stereocenters. The first kappa shape index (κ1) is 15.8. The van der Waals surface area contributed by atoms with Crippen LogP contribution in [0.3, 0.4) is 0 Å². The Morgan fingerprint density at radius 3 is 2.87 bits per heavy atom. The van der Waals surface area contributed by atoms with Gasteiger partial charge in [0.15, 0.2) is 11.7 Å². The van der Waals surface area contributed by atoms with Gasteiger partial charge in [0, 0.05) is 36.3 Å². The zero-order chi connectivity index (χ0) is 16.1. The van der Waals surface area contributed by atoms with Crippen molar-refractivity contribution < 1.29 is 9.53 Å². The van der Waals surface area contributed by atoms with Gasteiger partial charge in [0.25, 0.3) is 5.91 Å². The van der Waals surface area contributed by atoms with E-state index in [9.17, 15) is 4.79 Å². The van der Waals surface area contributed by atoms with Crippen LogP contribution in [0.15, 0.2) is 30.5 Å². The highest BCUT2D eigenvalue weighted by Gasteiger charge is 2.18. The first-order valence-electron chi connectivity index (χ1n) is 7.87. The maximum atomic E-state index is 12.1. The minimum Gasteiger partial charge on any atom is -0.483 e. The van der Waals surface area contributed by atoms with Gasteiger partial charge in [0.05, 0.1) is 0 Å². The van der Waals surface area contributed by atoms with Gasteiger partial charge < -0.3 is 15.0 Å². The first-order valence-corrected chi connectivity index (χ1v) is 8.69. The summed E-state index contributed by atoms with van der Waals surface area (Å²) in [6.07, 6.45) is 4.04. The molecule has 5 nitrogen and oxygen atoms in total. The molecule has 122 valence electrons. The Balaban J connectivity index is 1.57. The molecule has 1 aliphatic rings. The van der Waals surface area contributed by atoms with Crippen molar-refractivity contribution in [2.45, 2.75) is 26.3 Å². The molecule has 0 spiro atoms. The number of likely N-dealkylation sites (tertiary alicyclic amines) is 1. The number of nitrogens with zero attached hydrogens (tertiary/aromatic N) is 2. The fourth-order valence-corrected chi connectivity index (χ4v) is 3.26. The number of thiazole rings is 1. The number of aromatic nitrogens is 1. The Bertz CT molecular complexity index is 665. The van der Waals surface area contributed by atoms with Crippen LogP contribution in [0.2, 0.25) is 0 Å². The lowest BCUT2D eigenvalue weighted by atomic mass is 10.2. The number of amides is 1. The third-order valence-corrected chi connectivity index (χ3v) is 4.70. The minimum absolute atomic E-state index is 0.0702. The molecule has 3 rings (SSSR count). The number of rotatable bonds is 6. The average Bonchev–Trinajstić information content (AvgIpc) is 3.23. The molecule has 2 aromatic rings. The van der Waals surface area contributed by atoms with E-state index in [2.05, 4.69) is 10.3 Å². The molecule has 0 aliphatic carbocycles. The molecule has 23 heavy (non-hydrogen) atoms. The largest absolute Gasteiger partial charge is 0.483 e. The van der Waals surface area contributed by atoms with Crippen LogP contribution in [0, 0.1) is 6.92 Å². The highest BCUT2D eigenvalue weighted by molar-refractivity contribution is 7.15. The summed E-state index contributed by atoms with van der Waals surface area (Å²) in [5.74, 6) is 0.821. The number of nitrogens with one attached hydrogen (secondary N) is 1. The molecule has 0 saturated carbocycles. The number of para-hydroxylation sites is 1. The Labute approximate surface area is 140 Å². The predicted octanol–water partition coefficient (Wildman–Crippen LogP) is 3.06. The smallest absolute Gasteiger partial charge is 0.260 e. The number of aryl methyl sites for hydroxylation is 1. The van der Waals surface area contributed by atoms with Gasteiger partial charge in [0.1, 0.15) is 5.75 Å². The van der Waals surface area contributed by atoms with Crippen molar-refractivity contribution in [1.82, 2.24) is 9.88 Å². The van der Waals surface area contributed by atoms with Crippen molar-refractivity contribution in [3.05, 3.63) is 40.9 Å². The molecule has 2 heterocycles. The number of benzene rings is 1. The van der Waals surface area contributed by atoms with Crippen molar-refractivity contribution in [1.29, 1.82) is 0 Å². The molecule has 1 amide bonds. The summed E-state index contributed by atoms with van der Waals surface area (Å²) in [6.45, 7) is 4.47. The van der Waals surface area contributed by atoms with E-state index in [0.29, 0.717) is 6.54 Å². The zero-order valence-electron chi connectivity index (χ0n) is 13.2. The summed E-state index contributed by atoms with van der Waals surface area (Å²) >= 11 is 1.62. The van der Waals surface area contributed by atoms with E-state index < -0.39 is 0 Å². The van der Waals surface area contributed by atoms with Gasteiger partial charge in [-0.1, -0.05) is 18.2 Å². The second-order valence-electron chi connectivity index (χ2n) is 5.61. The topological polar surface area (TPSA) is 54.5 Å². The fraction of sp³-hybridized carbons (Fsp3) is 0.412. The standard InChI is InChI=1S/C17H21N3O2S/c1-13-10-18-17(23-13)19-11-14-6-2-3-7-15(14)22-12-16(21)20-8-4-5-9-20/h2-3,6-7,10H,4-5,8-9,11-12H2,1H3,(H,18,19). The highest BCUT2D eigenvalue weighted by atomic mass is 32.1. The van der Waals surface area contributed by atoms with Crippen LogP contribution in [0.5, 0.6) is 5.75 Å². The van der Waals surface area contributed by atoms with E-state index >= 15 is 0 Å². The van der Waals surface area contributed by atoms with E-state index in [0.717, 1.165) is 42.4 Å². The molecule has 1 aliphatic heterocycles. The monoisotopic (exact) mass is 331 g/mol. The van der Waals surface area contributed by atoms with Gasteiger partial charge in [-0.3, -0.25) is 4.79 Å². The minimum atomic E-state index is 0.0702. The number of hydrogen-bond acceptors (Lipinski definition) is 5. The SMILES string of the molecule is Cc1cnc(NCc2ccccc2OCC(=O)N2CCCC2)s1. The van der Waals surface area contributed by atoms with E-state index in [-0.39, 0.29) is 12.5 Å². The van der Waals surface area contributed by atoms with E-state index in [1.54, 1.807) is 11.3 Å². The number of anilines is 1. The zero-order valence-corrected chi connectivity index (χ0v) is 14.1. The number of ether oxygens (including phenoxy) is 1. The summed E-state index contributed by atoms with van der Waals surface area (Å²) in [6, 6.07) is 7.80. The van der Waals surface area contributed by atoms with E-state index in [1.807, 2.05) is 42.3 Å². The third kappa shape index (κ3) is 4.22. The van der Waals surface area contributed by atoms with Crippen LogP contribution < -0.4 is 10.1 Å². The number of carbonyl (C=O) groups excluding carboxylic acids is 1. The molecular formula is C17H21N3O2S. The number of hydrogen-bond donors (Lipinski definition) is 1. The van der Waals surface area contributed by atoms with E-state index in [1.165, 1.54) is 4.88 Å².